The number of aromatic nitrogens is 3. The van der Waals surface area contributed by atoms with Crippen molar-refractivity contribution in [3.63, 3.8) is 0 Å². The van der Waals surface area contributed by atoms with E-state index in [1.165, 1.54) is 19.2 Å². The topological polar surface area (TPSA) is 81.1 Å². The maximum absolute atomic E-state index is 12.6. The molecule has 26 heavy (non-hydrogen) atoms. The van der Waals surface area contributed by atoms with Gasteiger partial charge in [0.15, 0.2) is 5.69 Å². The van der Waals surface area contributed by atoms with E-state index in [2.05, 4.69) is 20.9 Å². The summed E-state index contributed by atoms with van der Waals surface area (Å²) in [6, 6.07) is 4.72. The van der Waals surface area contributed by atoms with Crippen LogP contribution >= 0.6 is 0 Å². The molecule has 7 nitrogen and oxygen atoms in total. The minimum absolute atomic E-state index is 0.157. The number of hydrogen-bond acceptors (Lipinski definition) is 5. The third kappa shape index (κ3) is 4.02. The number of nitrogens with zero attached hydrogens (tertiary/aromatic N) is 3. The van der Waals surface area contributed by atoms with Crippen molar-refractivity contribution in [2.75, 3.05) is 20.1 Å². The second-order valence-electron chi connectivity index (χ2n) is 5.93. The Labute approximate surface area is 147 Å². The summed E-state index contributed by atoms with van der Waals surface area (Å²) in [5.41, 5.74) is 0.167. The Hall–Kier alpha value is -2.46. The Morgan fingerprint density at radius 3 is 2.73 bits per heavy atom. The molecule has 2 atom stereocenters. The summed E-state index contributed by atoms with van der Waals surface area (Å²) < 4.78 is 45.2. The molecule has 2 aromatic rings. The van der Waals surface area contributed by atoms with E-state index in [9.17, 15) is 18.0 Å². The fraction of sp³-hybridized carbons (Fsp3) is 0.438. The minimum Gasteiger partial charge on any atom is -0.370 e. The number of benzene rings is 1. The van der Waals surface area contributed by atoms with E-state index in [0.29, 0.717) is 18.7 Å². The molecule has 0 saturated carbocycles. The fourth-order valence-electron chi connectivity index (χ4n) is 2.74. The van der Waals surface area contributed by atoms with E-state index in [-0.39, 0.29) is 30.4 Å². The normalized spacial score (nSPS) is 20.3. The number of amides is 1. The molecule has 1 aliphatic heterocycles. The van der Waals surface area contributed by atoms with Crippen molar-refractivity contribution in [3.05, 3.63) is 47.3 Å². The van der Waals surface area contributed by atoms with Crippen molar-refractivity contribution in [2.45, 2.75) is 24.9 Å². The van der Waals surface area contributed by atoms with Gasteiger partial charge in [0.2, 0.25) is 0 Å². The molecule has 10 heteroatoms. The average Bonchev–Trinajstić information content (AvgIpc) is 3.27. The first-order valence-electron chi connectivity index (χ1n) is 8.01. The van der Waals surface area contributed by atoms with Crippen LogP contribution in [0, 0.1) is 0 Å². The smallest absolute Gasteiger partial charge is 0.370 e. The zero-order chi connectivity index (χ0) is 18.7. The van der Waals surface area contributed by atoms with Crippen LogP contribution in [0.2, 0.25) is 0 Å². The second kappa shape index (κ2) is 7.42. The van der Waals surface area contributed by atoms with Gasteiger partial charge in [-0.3, -0.25) is 4.79 Å². The Kier molecular flexibility index (Phi) is 5.23. The van der Waals surface area contributed by atoms with Gasteiger partial charge in [-0.1, -0.05) is 17.3 Å². The number of halogens is 3. The predicted molar refractivity (Wildman–Crippen MR) is 85.3 cm³/mol. The zero-order valence-electron chi connectivity index (χ0n) is 14.0. The largest absolute Gasteiger partial charge is 0.416 e. The Balaban J connectivity index is 1.62. The molecule has 1 aromatic heterocycles. The molecule has 3 rings (SSSR count). The van der Waals surface area contributed by atoms with Crippen LogP contribution in [0.4, 0.5) is 13.2 Å². The maximum atomic E-state index is 12.6. The molecule has 1 saturated heterocycles. The van der Waals surface area contributed by atoms with Gasteiger partial charge in [-0.05, 0) is 17.7 Å². The molecular formula is C16H18F3N5O2. The van der Waals surface area contributed by atoms with Gasteiger partial charge >= 0.3 is 6.18 Å². The molecule has 140 valence electrons. The second-order valence-corrected chi connectivity index (χ2v) is 5.93. The van der Waals surface area contributed by atoms with Crippen LogP contribution < -0.4 is 10.6 Å². The summed E-state index contributed by atoms with van der Waals surface area (Å²) in [5, 5.41) is 13.5. The van der Waals surface area contributed by atoms with Crippen LogP contribution in [0.1, 0.15) is 27.7 Å². The Bertz CT molecular complexity index is 760. The van der Waals surface area contributed by atoms with E-state index < -0.39 is 11.7 Å². The molecule has 1 fully saturated rings. The highest BCUT2D eigenvalue weighted by atomic mass is 19.4. The van der Waals surface area contributed by atoms with Crippen molar-refractivity contribution in [3.8, 4) is 0 Å². The van der Waals surface area contributed by atoms with E-state index in [0.717, 1.165) is 12.1 Å². The summed E-state index contributed by atoms with van der Waals surface area (Å²) in [5.74, 6) is -0.329. The third-order valence-corrected chi connectivity index (χ3v) is 4.18. The number of nitrogens with one attached hydrogen (secondary N) is 2. The van der Waals surface area contributed by atoms with Crippen molar-refractivity contribution in [1.82, 2.24) is 25.6 Å². The van der Waals surface area contributed by atoms with Gasteiger partial charge in [-0.25, -0.2) is 4.68 Å². The maximum Gasteiger partial charge on any atom is 0.416 e. The molecule has 2 heterocycles. The van der Waals surface area contributed by atoms with E-state index in [4.69, 9.17) is 4.74 Å². The standard InChI is InChI=1S/C16H18F3N5O2/c1-20-15(25)12-8-24(23-22-12)13-6-21-7-14(13)26-9-10-2-4-11(5-3-10)16(17,18)19/h2-5,8,13-14,21H,6-7,9H2,1H3,(H,20,25)/t13-,14-/m1/s1. The molecule has 1 aromatic carbocycles. The predicted octanol–water partition coefficient (Wildman–Crippen LogP) is 1.39. The van der Waals surface area contributed by atoms with Gasteiger partial charge in [-0.15, -0.1) is 5.10 Å². The highest BCUT2D eigenvalue weighted by molar-refractivity contribution is 5.91. The summed E-state index contributed by atoms with van der Waals surface area (Å²) in [4.78, 5) is 11.6. The summed E-state index contributed by atoms with van der Waals surface area (Å²) in [6.45, 7) is 1.34. The Morgan fingerprint density at radius 2 is 2.08 bits per heavy atom. The van der Waals surface area contributed by atoms with E-state index in [1.54, 1.807) is 10.9 Å². The molecule has 2 N–H and O–H groups in total. The van der Waals surface area contributed by atoms with Gasteiger partial charge in [0, 0.05) is 20.1 Å². The molecular weight excluding hydrogens is 351 g/mol. The summed E-state index contributed by atoms with van der Waals surface area (Å²) in [7, 11) is 1.51. The first kappa shape index (κ1) is 18.3. The van der Waals surface area contributed by atoms with Crippen LogP contribution in [0.3, 0.4) is 0 Å². The number of ether oxygens (including phenoxy) is 1. The molecule has 0 unspecified atom stereocenters. The van der Waals surface area contributed by atoms with E-state index in [1.807, 2.05) is 0 Å². The lowest BCUT2D eigenvalue weighted by Gasteiger charge is -2.19. The zero-order valence-corrected chi connectivity index (χ0v) is 14.0. The number of rotatable bonds is 5. The van der Waals surface area contributed by atoms with Crippen molar-refractivity contribution in [2.24, 2.45) is 0 Å². The lowest BCUT2D eigenvalue weighted by Crippen LogP contribution is -2.26. The van der Waals surface area contributed by atoms with Crippen molar-refractivity contribution < 1.29 is 22.7 Å². The first-order valence-corrected chi connectivity index (χ1v) is 8.01. The van der Waals surface area contributed by atoms with Crippen LogP contribution in [0.5, 0.6) is 0 Å². The SMILES string of the molecule is CNC(=O)c1cn([C@@H]2CNC[C@H]2OCc2ccc(C(F)(F)F)cc2)nn1. The molecule has 1 aliphatic rings. The monoisotopic (exact) mass is 369 g/mol. The number of hydrogen-bond donors (Lipinski definition) is 2. The van der Waals surface area contributed by atoms with Gasteiger partial charge in [0.25, 0.3) is 5.91 Å². The minimum atomic E-state index is -4.35. The lowest BCUT2D eigenvalue weighted by atomic mass is 10.1. The van der Waals surface area contributed by atoms with Crippen LogP contribution in [0.25, 0.3) is 0 Å². The van der Waals surface area contributed by atoms with Crippen molar-refractivity contribution in [1.29, 1.82) is 0 Å². The molecule has 0 radical (unpaired) electrons. The summed E-state index contributed by atoms with van der Waals surface area (Å²) >= 11 is 0. The van der Waals surface area contributed by atoms with Gasteiger partial charge < -0.3 is 15.4 Å². The third-order valence-electron chi connectivity index (χ3n) is 4.18. The summed E-state index contributed by atoms with van der Waals surface area (Å²) in [6.07, 6.45) is -3.04. The number of carbonyl (C=O) groups is 1. The quantitative estimate of drug-likeness (QED) is 0.833. The van der Waals surface area contributed by atoms with Crippen molar-refractivity contribution >= 4 is 5.91 Å². The number of carbonyl (C=O) groups excluding carboxylic acids is 1. The molecule has 0 bridgehead atoms. The number of alkyl halides is 3. The van der Waals surface area contributed by atoms with E-state index >= 15 is 0 Å². The molecule has 1 amide bonds. The average molecular weight is 369 g/mol. The first-order chi connectivity index (χ1) is 12.4. The van der Waals surface area contributed by atoms with Gasteiger partial charge in [-0.2, -0.15) is 13.2 Å². The fourth-order valence-corrected chi connectivity index (χ4v) is 2.74. The highest BCUT2D eigenvalue weighted by Crippen LogP contribution is 2.29. The van der Waals surface area contributed by atoms with Crippen LogP contribution in [-0.2, 0) is 17.5 Å². The van der Waals surface area contributed by atoms with Gasteiger partial charge in [0.05, 0.1) is 30.5 Å². The molecule has 0 aliphatic carbocycles. The Morgan fingerprint density at radius 1 is 1.35 bits per heavy atom. The lowest BCUT2D eigenvalue weighted by molar-refractivity contribution is -0.137. The molecule has 0 spiro atoms. The van der Waals surface area contributed by atoms with Crippen LogP contribution in [0.15, 0.2) is 30.5 Å². The highest BCUT2D eigenvalue weighted by Gasteiger charge is 2.32. The van der Waals surface area contributed by atoms with Crippen LogP contribution in [-0.4, -0.2) is 47.1 Å². The van der Waals surface area contributed by atoms with Gasteiger partial charge in [0.1, 0.15) is 0 Å².